The highest BCUT2D eigenvalue weighted by Gasteiger charge is 2.25. The zero-order chi connectivity index (χ0) is 16.8. The molecule has 24 heavy (non-hydrogen) atoms. The molecule has 7 nitrogen and oxygen atoms in total. The van der Waals surface area contributed by atoms with Gasteiger partial charge in [0.25, 0.3) is 0 Å². The molecular weight excluding hydrogens is 308 g/mol. The van der Waals surface area contributed by atoms with Crippen LogP contribution in [0, 0.1) is 0 Å². The predicted molar refractivity (Wildman–Crippen MR) is 90.1 cm³/mol. The molecule has 1 aliphatic rings. The number of methoxy groups -OCH3 is 1. The molecule has 2 amide bonds. The van der Waals surface area contributed by atoms with Crippen molar-refractivity contribution >= 4 is 11.7 Å². The zero-order valence-corrected chi connectivity index (χ0v) is 13.7. The number of pyridine rings is 1. The maximum absolute atomic E-state index is 12.1. The number of carbonyl (C=O) groups is 1. The SMILES string of the molecule is COc1ccc(NC(=O)NCC(c2ccco2)N2CCCC2)cn1. The van der Waals surface area contributed by atoms with Crippen LogP contribution in [-0.2, 0) is 0 Å². The Morgan fingerprint density at radius 2 is 2.21 bits per heavy atom. The molecule has 0 aromatic carbocycles. The Labute approximate surface area is 141 Å². The fourth-order valence-corrected chi connectivity index (χ4v) is 2.88. The van der Waals surface area contributed by atoms with E-state index in [1.807, 2.05) is 12.1 Å². The molecule has 1 aliphatic heterocycles. The lowest BCUT2D eigenvalue weighted by molar-refractivity contribution is 0.207. The number of ether oxygens (including phenoxy) is 1. The van der Waals surface area contributed by atoms with Gasteiger partial charge >= 0.3 is 6.03 Å². The van der Waals surface area contributed by atoms with Crippen LogP contribution in [0.3, 0.4) is 0 Å². The maximum Gasteiger partial charge on any atom is 0.319 e. The second-order valence-electron chi connectivity index (χ2n) is 5.70. The molecule has 1 fully saturated rings. The first-order chi connectivity index (χ1) is 11.8. The molecule has 1 saturated heterocycles. The third kappa shape index (κ3) is 4.05. The highest BCUT2D eigenvalue weighted by atomic mass is 16.5. The van der Waals surface area contributed by atoms with Crippen molar-refractivity contribution in [3.05, 3.63) is 42.5 Å². The van der Waals surface area contributed by atoms with Crippen molar-refractivity contribution < 1.29 is 13.9 Å². The number of likely N-dealkylation sites (tertiary alicyclic amines) is 1. The van der Waals surface area contributed by atoms with Gasteiger partial charge in [0.2, 0.25) is 5.88 Å². The Morgan fingerprint density at radius 3 is 2.83 bits per heavy atom. The van der Waals surface area contributed by atoms with E-state index in [4.69, 9.17) is 9.15 Å². The van der Waals surface area contributed by atoms with Gasteiger partial charge in [-0.15, -0.1) is 0 Å². The molecule has 1 unspecified atom stereocenters. The smallest absolute Gasteiger partial charge is 0.319 e. The number of anilines is 1. The van der Waals surface area contributed by atoms with Gasteiger partial charge in [0, 0.05) is 12.6 Å². The summed E-state index contributed by atoms with van der Waals surface area (Å²) in [5.74, 6) is 1.39. The second kappa shape index (κ2) is 7.83. The van der Waals surface area contributed by atoms with Crippen molar-refractivity contribution in [2.75, 3.05) is 32.1 Å². The molecule has 2 N–H and O–H groups in total. The van der Waals surface area contributed by atoms with Gasteiger partial charge in [-0.25, -0.2) is 9.78 Å². The molecule has 2 aromatic heterocycles. The average molecular weight is 330 g/mol. The van der Waals surface area contributed by atoms with Gasteiger partial charge in [0.15, 0.2) is 0 Å². The van der Waals surface area contributed by atoms with E-state index in [0.29, 0.717) is 18.1 Å². The van der Waals surface area contributed by atoms with Crippen molar-refractivity contribution in [1.29, 1.82) is 0 Å². The minimum absolute atomic E-state index is 0.0576. The van der Waals surface area contributed by atoms with Crippen LogP contribution in [0.25, 0.3) is 0 Å². The van der Waals surface area contributed by atoms with E-state index in [9.17, 15) is 4.79 Å². The summed E-state index contributed by atoms with van der Waals surface area (Å²) in [5, 5.41) is 5.68. The van der Waals surface area contributed by atoms with Crippen molar-refractivity contribution in [2.45, 2.75) is 18.9 Å². The number of hydrogen-bond acceptors (Lipinski definition) is 5. The number of hydrogen-bond donors (Lipinski definition) is 2. The fourth-order valence-electron chi connectivity index (χ4n) is 2.88. The van der Waals surface area contributed by atoms with E-state index < -0.39 is 0 Å². The third-order valence-electron chi connectivity index (χ3n) is 4.11. The van der Waals surface area contributed by atoms with Crippen molar-refractivity contribution in [1.82, 2.24) is 15.2 Å². The van der Waals surface area contributed by atoms with Crippen LogP contribution in [0.5, 0.6) is 5.88 Å². The van der Waals surface area contributed by atoms with Crippen molar-refractivity contribution in [3.63, 3.8) is 0 Å². The van der Waals surface area contributed by atoms with Gasteiger partial charge in [-0.2, -0.15) is 0 Å². The maximum atomic E-state index is 12.1. The summed E-state index contributed by atoms with van der Waals surface area (Å²) in [5.41, 5.74) is 0.615. The number of aromatic nitrogens is 1. The molecule has 0 aliphatic carbocycles. The molecule has 2 aromatic rings. The molecule has 1 atom stereocenters. The number of furan rings is 1. The highest BCUT2D eigenvalue weighted by Crippen LogP contribution is 2.24. The normalized spacial score (nSPS) is 15.9. The third-order valence-corrected chi connectivity index (χ3v) is 4.11. The molecule has 0 saturated carbocycles. The quantitative estimate of drug-likeness (QED) is 0.851. The molecule has 7 heteroatoms. The van der Waals surface area contributed by atoms with Gasteiger partial charge in [-0.1, -0.05) is 0 Å². The van der Waals surface area contributed by atoms with Gasteiger partial charge in [-0.3, -0.25) is 4.90 Å². The summed E-state index contributed by atoms with van der Waals surface area (Å²) in [6, 6.07) is 7.07. The van der Waals surface area contributed by atoms with Crippen LogP contribution in [-0.4, -0.2) is 42.7 Å². The fraction of sp³-hybridized carbons (Fsp3) is 0.412. The number of urea groups is 1. The molecule has 3 heterocycles. The number of amides is 2. The Bertz CT molecular complexity index is 636. The second-order valence-corrected chi connectivity index (χ2v) is 5.70. The largest absolute Gasteiger partial charge is 0.481 e. The van der Waals surface area contributed by atoms with E-state index in [1.54, 1.807) is 31.7 Å². The number of nitrogens with zero attached hydrogens (tertiary/aromatic N) is 2. The summed E-state index contributed by atoms with van der Waals surface area (Å²) >= 11 is 0. The lowest BCUT2D eigenvalue weighted by Crippen LogP contribution is -2.38. The van der Waals surface area contributed by atoms with Crippen LogP contribution >= 0.6 is 0 Å². The summed E-state index contributed by atoms with van der Waals surface area (Å²) in [7, 11) is 1.55. The zero-order valence-electron chi connectivity index (χ0n) is 13.7. The first-order valence-corrected chi connectivity index (χ1v) is 8.08. The highest BCUT2D eigenvalue weighted by molar-refractivity contribution is 5.89. The van der Waals surface area contributed by atoms with Crippen LogP contribution in [0.1, 0.15) is 24.6 Å². The number of carbonyl (C=O) groups excluding carboxylic acids is 1. The standard InChI is InChI=1S/C17H22N4O3/c1-23-16-7-6-13(11-18-16)20-17(22)19-12-14(15-5-4-10-24-15)21-8-2-3-9-21/h4-7,10-11,14H,2-3,8-9,12H2,1H3,(H2,19,20,22). The lowest BCUT2D eigenvalue weighted by atomic mass is 10.2. The van der Waals surface area contributed by atoms with Crippen LogP contribution in [0.15, 0.2) is 41.1 Å². The topological polar surface area (TPSA) is 79.6 Å². The van der Waals surface area contributed by atoms with E-state index in [0.717, 1.165) is 18.8 Å². The van der Waals surface area contributed by atoms with Gasteiger partial charge in [0.1, 0.15) is 5.76 Å². The van der Waals surface area contributed by atoms with E-state index in [-0.39, 0.29) is 12.1 Å². The Morgan fingerprint density at radius 1 is 1.38 bits per heavy atom. The van der Waals surface area contributed by atoms with Crippen molar-refractivity contribution in [2.24, 2.45) is 0 Å². The van der Waals surface area contributed by atoms with Crippen molar-refractivity contribution in [3.8, 4) is 5.88 Å². The monoisotopic (exact) mass is 330 g/mol. The molecule has 0 spiro atoms. The average Bonchev–Trinajstić information content (AvgIpc) is 3.30. The Balaban J connectivity index is 1.56. The van der Waals surface area contributed by atoms with Gasteiger partial charge in [-0.05, 0) is 44.1 Å². The molecule has 0 bridgehead atoms. The summed E-state index contributed by atoms with van der Waals surface area (Å²) in [6.07, 6.45) is 5.59. The molecule has 0 radical (unpaired) electrons. The first-order valence-electron chi connectivity index (χ1n) is 8.08. The number of rotatable bonds is 6. The van der Waals surface area contributed by atoms with Gasteiger partial charge in [0.05, 0.1) is 31.3 Å². The Hall–Kier alpha value is -2.54. The minimum Gasteiger partial charge on any atom is -0.481 e. The van der Waals surface area contributed by atoms with Crippen LogP contribution in [0.2, 0.25) is 0 Å². The van der Waals surface area contributed by atoms with Crippen LogP contribution in [0.4, 0.5) is 10.5 Å². The number of nitrogens with one attached hydrogen (secondary N) is 2. The summed E-state index contributed by atoms with van der Waals surface area (Å²) < 4.78 is 10.5. The van der Waals surface area contributed by atoms with Crippen LogP contribution < -0.4 is 15.4 Å². The summed E-state index contributed by atoms with van der Waals surface area (Å²) in [4.78, 5) is 18.5. The first kappa shape index (κ1) is 16.3. The molecule has 128 valence electrons. The molecular formula is C17H22N4O3. The van der Waals surface area contributed by atoms with E-state index >= 15 is 0 Å². The lowest BCUT2D eigenvalue weighted by Gasteiger charge is -2.26. The Kier molecular flexibility index (Phi) is 5.32. The molecule has 3 rings (SSSR count). The minimum atomic E-state index is -0.266. The summed E-state index contributed by atoms with van der Waals surface area (Å²) in [6.45, 7) is 2.54. The predicted octanol–water partition coefficient (Wildman–Crippen LogP) is 2.64. The van der Waals surface area contributed by atoms with E-state index in [1.165, 1.54) is 12.8 Å². The van der Waals surface area contributed by atoms with E-state index in [2.05, 4.69) is 20.5 Å². The van der Waals surface area contributed by atoms with Gasteiger partial charge < -0.3 is 19.8 Å².